The second-order valence-electron chi connectivity index (χ2n) is 9.03. The number of fused-ring (bicyclic) bond motifs is 1. The van der Waals surface area contributed by atoms with Crippen LogP contribution in [0.4, 0.5) is 27.7 Å². The van der Waals surface area contributed by atoms with Crippen LogP contribution >= 0.6 is 0 Å². The molecule has 4 heterocycles. The highest BCUT2D eigenvalue weighted by atomic mass is 19.1. The van der Waals surface area contributed by atoms with E-state index in [0.717, 1.165) is 47.4 Å². The van der Waals surface area contributed by atoms with Crippen LogP contribution in [0.25, 0.3) is 0 Å². The Balaban J connectivity index is 1.45. The molecule has 3 N–H and O–H groups in total. The average Bonchev–Trinajstić information content (AvgIpc) is 3.57. The van der Waals surface area contributed by atoms with Gasteiger partial charge in [0.2, 0.25) is 11.8 Å². The fraction of sp³-hybridized carbons (Fsp3) is 0.435. The number of aryl methyl sites for hydroxylation is 1. The van der Waals surface area contributed by atoms with E-state index in [0.29, 0.717) is 30.3 Å². The number of halogens is 1. The highest BCUT2D eigenvalue weighted by Gasteiger charge is 2.39. The highest BCUT2D eigenvalue weighted by molar-refractivity contribution is 5.96. The molecule has 3 aromatic rings. The second-order valence-corrected chi connectivity index (χ2v) is 9.03. The van der Waals surface area contributed by atoms with Gasteiger partial charge in [-0.1, -0.05) is 13.8 Å². The van der Waals surface area contributed by atoms with E-state index in [9.17, 15) is 14.4 Å². The summed E-state index contributed by atoms with van der Waals surface area (Å²) in [4.78, 5) is 23.0. The van der Waals surface area contributed by atoms with E-state index in [4.69, 9.17) is 0 Å². The van der Waals surface area contributed by atoms with E-state index in [2.05, 4.69) is 44.6 Å². The number of hydrogen-bond acceptors (Lipinski definition) is 7. The summed E-state index contributed by atoms with van der Waals surface area (Å²) in [5.41, 5.74) is 3.14. The van der Waals surface area contributed by atoms with Crippen LogP contribution in [0.3, 0.4) is 0 Å². The van der Waals surface area contributed by atoms with Crippen LogP contribution in [0.15, 0.2) is 24.4 Å². The number of aromatic nitrogens is 5. The Labute approximate surface area is 196 Å². The number of carbonyl (C=O) groups excluding carboxylic acids is 1. The zero-order valence-electron chi connectivity index (χ0n) is 19.1. The molecule has 1 aliphatic carbocycles. The predicted molar refractivity (Wildman–Crippen MR) is 124 cm³/mol. The first-order valence-electron chi connectivity index (χ1n) is 11.6. The van der Waals surface area contributed by atoms with Crippen LogP contribution in [0.1, 0.15) is 56.0 Å². The van der Waals surface area contributed by atoms with Gasteiger partial charge in [0.1, 0.15) is 11.7 Å². The number of rotatable bonds is 6. The van der Waals surface area contributed by atoms with Gasteiger partial charge in [-0.2, -0.15) is 4.39 Å². The van der Waals surface area contributed by atoms with Crippen molar-refractivity contribution in [2.45, 2.75) is 57.9 Å². The molecule has 1 saturated heterocycles. The molecule has 1 atom stereocenters. The van der Waals surface area contributed by atoms with Crippen molar-refractivity contribution in [2.24, 2.45) is 0 Å². The minimum atomic E-state index is -0.618. The first-order chi connectivity index (χ1) is 16.4. The fourth-order valence-electron chi connectivity index (χ4n) is 4.57. The number of nitrogens with one attached hydrogen (secondary N) is 3. The predicted octanol–water partition coefficient (Wildman–Crippen LogP) is 2.94. The number of anilines is 4. The molecule has 11 heteroatoms. The average molecular weight is 467 g/mol. The SMILES string of the molecule is CC(C)c1cc(Nc2c3c(nc(N4CCCC4C(=O)Nc4ccc(F)nc4)[n+]2[O-])CCC3)n[nH]1. The number of hydrogen-bond donors (Lipinski definition) is 3. The molecule has 0 bridgehead atoms. The van der Waals surface area contributed by atoms with Crippen molar-refractivity contribution in [3.05, 3.63) is 52.5 Å². The smallest absolute Gasteiger partial charge is 0.349 e. The first kappa shape index (κ1) is 22.1. The number of carbonyl (C=O) groups is 1. The normalized spacial score (nSPS) is 17.3. The third-order valence-corrected chi connectivity index (χ3v) is 6.37. The number of pyridine rings is 1. The topological polar surface area (TPSA) is 126 Å². The van der Waals surface area contributed by atoms with Gasteiger partial charge in [-0.05, 0) is 43.7 Å². The van der Waals surface area contributed by atoms with Gasteiger partial charge in [0, 0.05) is 18.2 Å². The Kier molecular flexibility index (Phi) is 5.76. The van der Waals surface area contributed by atoms with Crippen molar-refractivity contribution >= 4 is 29.2 Å². The van der Waals surface area contributed by atoms with E-state index < -0.39 is 12.0 Å². The molecule has 0 radical (unpaired) electrons. The van der Waals surface area contributed by atoms with Gasteiger partial charge in [0.25, 0.3) is 5.91 Å². The maximum absolute atomic E-state index is 13.6. The van der Waals surface area contributed by atoms with Crippen LogP contribution < -0.4 is 20.3 Å². The largest absolute Gasteiger partial charge is 0.754 e. The summed E-state index contributed by atoms with van der Waals surface area (Å²) < 4.78 is 13.9. The first-order valence-corrected chi connectivity index (χ1v) is 11.6. The summed E-state index contributed by atoms with van der Waals surface area (Å²) >= 11 is 0. The number of amides is 1. The third kappa shape index (κ3) is 4.13. The Morgan fingerprint density at radius 2 is 2.18 bits per heavy atom. The van der Waals surface area contributed by atoms with Crippen LogP contribution in [0.2, 0.25) is 0 Å². The van der Waals surface area contributed by atoms with Crippen molar-refractivity contribution in [3.8, 4) is 0 Å². The maximum Gasteiger partial charge on any atom is 0.349 e. The van der Waals surface area contributed by atoms with Gasteiger partial charge in [-0.25, -0.2) is 9.71 Å². The summed E-state index contributed by atoms with van der Waals surface area (Å²) in [6.07, 6.45) is 5.06. The summed E-state index contributed by atoms with van der Waals surface area (Å²) in [5.74, 6) is 0.565. The molecule has 178 valence electrons. The molecule has 0 saturated carbocycles. The van der Waals surface area contributed by atoms with Crippen molar-refractivity contribution in [3.63, 3.8) is 0 Å². The van der Waals surface area contributed by atoms with E-state index in [1.165, 1.54) is 18.3 Å². The molecule has 1 aliphatic heterocycles. The molecule has 1 amide bonds. The van der Waals surface area contributed by atoms with Crippen LogP contribution in [-0.4, -0.2) is 38.7 Å². The lowest BCUT2D eigenvalue weighted by molar-refractivity contribution is -0.580. The third-order valence-electron chi connectivity index (χ3n) is 6.37. The molecule has 3 aromatic heterocycles. The lowest BCUT2D eigenvalue weighted by Gasteiger charge is -2.26. The van der Waals surface area contributed by atoms with Crippen LogP contribution in [0.5, 0.6) is 0 Å². The minimum Gasteiger partial charge on any atom is -0.754 e. The van der Waals surface area contributed by atoms with Gasteiger partial charge >= 0.3 is 5.95 Å². The summed E-state index contributed by atoms with van der Waals surface area (Å²) in [7, 11) is 0. The molecule has 34 heavy (non-hydrogen) atoms. The van der Waals surface area contributed by atoms with Crippen molar-refractivity contribution < 1.29 is 13.9 Å². The van der Waals surface area contributed by atoms with Gasteiger partial charge < -0.3 is 10.5 Å². The summed E-state index contributed by atoms with van der Waals surface area (Å²) in [6, 6.07) is 3.98. The second kappa shape index (κ2) is 8.88. The van der Waals surface area contributed by atoms with E-state index in [1.807, 2.05) is 6.07 Å². The molecular formula is C23H27FN8O2. The summed E-state index contributed by atoms with van der Waals surface area (Å²) in [5, 5.41) is 26.8. The zero-order chi connectivity index (χ0) is 23.8. The number of H-pyrrole nitrogens is 1. The molecule has 0 spiro atoms. The van der Waals surface area contributed by atoms with E-state index in [-0.39, 0.29) is 17.8 Å². The molecule has 1 unspecified atom stereocenters. The lowest BCUT2D eigenvalue weighted by atomic mass is 10.1. The standard InChI is InChI=1S/C23H27FN8O2/c1-13(2)17-11-20(30-29-17)28-21-15-5-3-6-16(15)27-23(32(21)34)31-10-4-7-18(31)22(33)26-14-8-9-19(24)25-12-14/h8-9,11-13,18H,3-7,10H2,1-2H3,(H,26,33)(H2,28,29,30). The van der Waals surface area contributed by atoms with Gasteiger partial charge in [0.15, 0.2) is 5.82 Å². The Morgan fingerprint density at radius 3 is 2.91 bits per heavy atom. The molecule has 5 rings (SSSR count). The minimum absolute atomic E-state index is 0.206. The van der Waals surface area contributed by atoms with Crippen LogP contribution in [0, 0.1) is 11.2 Å². The monoisotopic (exact) mass is 466 g/mol. The molecule has 0 aromatic carbocycles. The van der Waals surface area contributed by atoms with E-state index in [1.54, 1.807) is 4.90 Å². The molecular weight excluding hydrogens is 439 g/mol. The zero-order valence-corrected chi connectivity index (χ0v) is 19.1. The van der Waals surface area contributed by atoms with Crippen molar-refractivity contribution in [2.75, 3.05) is 22.1 Å². The van der Waals surface area contributed by atoms with Crippen molar-refractivity contribution in [1.82, 2.24) is 20.2 Å². The Hall–Kier alpha value is -3.76. The fourth-order valence-corrected chi connectivity index (χ4v) is 4.57. The van der Waals surface area contributed by atoms with Gasteiger partial charge in [-0.3, -0.25) is 20.1 Å². The molecule has 1 fully saturated rings. The van der Waals surface area contributed by atoms with Crippen LogP contribution in [-0.2, 0) is 17.6 Å². The lowest BCUT2D eigenvalue weighted by Crippen LogP contribution is -2.48. The quantitative estimate of drug-likeness (QED) is 0.290. The number of nitrogens with zero attached hydrogens (tertiary/aromatic N) is 5. The molecule has 2 aliphatic rings. The highest BCUT2D eigenvalue weighted by Crippen LogP contribution is 2.31. The van der Waals surface area contributed by atoms with Crippen molar-refractivity contribution in [1.29, 1.82) is 0 Å². The Morgan fingerprint density at radius 1 is 1.32 bits per heavy atom. The maximum atomic E-state index is 13.6. The van der Waals surface area contributed by atoms with Gasteiger partial charge in [0.05, 0.1) is 24.0 Å². The van der Waals surface area contributed by atoms with Gasteiger partial charge in [-0.15, -0.1) is 10.1 Å². The summed E-state index contributed by atoms with van der Waals surface area (Å²) in [6.45, 7) is 4.66. The Bertz CT molecular complexity index is 1210. The van der Waals surface area contributed by atoms with E-state index >= 15 is 0 Å². The molecule has 10 nitrogen and oxygen atoms in total. The number of aromatic amines is 1.